The van der Waals surface area contributed by atoms with Crippen molar-refractivity contribution in [2.75, 3.05) is 20.3 Å². The molecule has 0 unspecified atom stereocenters. The summed E-state index contributed by atoms with van der Waals surface area (Å²) in [5.41, 5.74) is 9.55. The molecule has 0 aliphatic heterocycles. The van der Waals surface area contributed by atoms with Crippen LogP contribution in [0.4, 0.5) is 17.6 Å². The molecule has 0 radical (unpaired) electrons. The van der Waals surface area contributed by atoms with Crippen LogP contribution in [-0.2, 0) is 9.53 Å². The van der Waals surface area contributed by atoms with Gasteiger partial charge in [0.15, 0.2) is 6.61 Å². The summed E-state index contributed by atoms with van der Waals surface area (Å²) in [5, 5.41) is 0. The number of esters is 1. The molecule has 27 heavy (non-hydrogen) atoms. The number of hydrogen-bond donors (Lipinski definition) is 2. The molecule has 0 bridgehead atoms. The molecule has 0 atom stereocenters. The van der Waals surface area contributed by atoms with Gasteiger partial charge in [-0.05, 0) is 19.1 Å². The predicted molar refractivity (Wildman–Crippen MR) is 87.7 cm³/mol. The summed E-state index contributed by atoms with van der Waals surface area (Å²) in [7, 11) is 1.31. The Balaban J connectivity index is 2.87. The molecule has 0 fully saturated rings. The molecule has 0 heterocycles. The number of rotatable bonds is 7. The minimum atomic E-state index is -4.63. The molecule has 0 saturated carbocycles. The molecule has 0 saturated heterocycles. The van der Waals surface area contributed by atoms with Gasteiger partial charge in [-0.3, -0.25) is 9.79 Å². The van der Waals surface area contributed by atoms with Gasteiger partial charge in [0.2, 0.25) is 5.78 Å². The maximum atomic E-state index is 13.8. The first-order valence-corrected chi connectivity index (χ1v) is 7.33. The van der Waals surface area contributed by atoms with E-state index >= 15 is 0 Å². The van der Waals surface area contributed by atoms with Crippen LogP contribution in [0.15, 0.2) is 34.5 Å². The lowest BCUT2D eigenvalue weighted by Gasteiger charge is -2.11. The van der Waals surface area contributed by atoms with E-state index in [1.807, 2.05) is 0 Å². The van der Waals surface area contributed by atoms with Gasteiger partial charge >= 0.3 is 12.1 Å². The van der Waals surface area contributed by atoms with Gasteiger partial charge < -0.3 is 20.9 Å². The van der Waals surface area contributed by atoms with Crippen molar-refractivity contribution < 1.29 is 36.6 Å². The van der Waals surface area contributed by atoms with Crippen LogP contribution in [0.2, 0.25) is 0 Å². The zero-order valence-electron chi connectivity index (χ0n) is 14.4. The Morgan fingerprint density at radius 1 is 1.22 bits per heavy atom. The van der Waals surface area contributed by atoms with Crippen molar-refractivity contribution in [3.8, 4) is 5.75 Å². The monoisotopic (exact) mass is 391 g/mol. The second-order valence-corrected chi connectivity index (χ2v) is 5.22. The maximum absolute atomic E-state index is 13.8. The minimum Gasteiger partial charge on any atom is -0.497 e. The molecule has 0 aromatic heterocycles. The van der Waals surface area contributed by atoms with Crippen LogP contribution in [-0.4, -0.2) is 44.0 Å². The quantitative estimate of drug-likeness (QED) is 0.183. The number of allylic oxidation sites excluding steroid dienone is 1. The fourth-order valence-electron chi connectivity index (χ4n) is 1.85. The number of alkyl halides is 3. The van der Waals surface area contributed by atoms with Crippen LogP contribution >= 0.6 is 0 Å². The average molecular weight is 391 g/mol. The third-order valence-corrected chi connectivity index (χ3v) is 3.09. The number of hydrogen-bond acceptors (Lipinski definition) is 6. The number of halogens is 4. The van der Waals surface area contributed by atoms with Gasteiger partial charge in [0, 0.05) is 11.8 Å². The molecule has 0 aliphatic rings. The van der Waals surface area contributed by atoms with E-state index in [4.69, 9.17) is 16.2 Å². The number of nitrogens with zero attached hydrogens (tertiary/aromatic N) is 1. The van der Waals surface area contributed by atoms with Gasteiger partial charge in [0.1, 0.15) is 29.5 Å². The Hall–Kier alpha value is -3.11. The van der Waals surface area contributed by atoms with Crippen molar-refractivity contribution in [2.24, 2.45) is 16.5 Å². The third-order valence-electron chi connectivity index (χ3n) is 3.09. The van der Waals surface area contributed by atoms with Crippen LogP contribution in [0.1, 0.15) is 17.3 Å². The SMILES string of the molecule is COc1ccc(C(=O)COC(=O)/C(C(N)=NCC(F)(F)F)=C(\C)N)c(F)c1. The Morgan fingerprint density at radius 3 is 2.33 bits per heavy atom. The summed E-state index contributed by atoms with van der Waals surface area (Å²) >= 11 is 0. The van der Waals surface area contributed by atoms with Crippen molar-refractivity contribution in [1.29, 1.82) is 0 Å². The Morgan fingerprint density at radius 2 is 1.85 bits per heavy atom. The lowest BCUT2D eigenvalue weighted by Crippen LogP contribution is -2.29. The van der Waals surface area contributed by atoms with Crippen LogP contribution in [0.3, 0.4) is 0 Å². The number of methoxy groups -OCH3 is 1. The number of carbonyl (C=O) groups is 2. The summed E-state index contributed by atoms with van der Waals surface area (Å²) in [6.07, 6.45) is -4.63. The van der Waals surface area contributed by atoms with Crippen LogP contribution in [0, 0.1) is 5.82 Å². The van der Waals surface area contributed by atoms with Crippen LogP contribution in [0.25, 0.3) is 0 Å². The molecule has 148 valence electrons. The Labute approximate surface area is 151 Å². The topological polar surface area (TPSA) is 117 Å². The standard InChI is InChI=1S/C16H17F4N3O4/c1-8(21)13(14(22)23-7-16(18,19)20)15(25)27-6-12(24)10-4-3-9(26-2)5-11(10)17/h3-5H,6-7,21H2,1-2H3,(H2,22,23)/b13-8+. The van der Waals surface area contributed by atoms with E-state index in [0.29, 0.717) is 0 Å². The van der Waals surface area contributed by atoms with Crippen molar-refractivity contribution in [1.82, 2.24) is 0 Å². The number of amidine groups is 1. The molecule has 0 amide bonds. The Bertz CT molecular complexity index is 784. The van der Waals surface area contributed by atoms with Crippen molar-refractivity contribution >= 4 is 17.6 Å². The number of ketones is 1. The molecule has 1 aromatic carbocycles. The van der Waals surface area contributed by atoms with E-state index in [1.165, 1.54) is 20.1 Å². The summed E-state index contributed by atoms with van der Waals surface area (Å²) < 4.78 is 59.9. The van der Waals surface area contributed by atoms with E-state index in [9.17, 15) is 27.2 Å². The minimum absolute atomic E-state index is 0.179. The molecule has 0 aliphatic carbocycles. The van der Waals surface area contributed by atoms with Crippen LogP contribution < -0.4 is 16.2 Å². The summed E-state index contributed by atoms with van der Waals surface area (Å²) in [6.45, 7) is -1.32. The van der Waals surface area contributed by atoms with Gasteiger partial charge in [-0.25, -0.2) is 9.18 Å². The molecule has 1 aromatic rings. The van der Waals surface area contributed by atoms with Crippen molar-refractivity contribution in [3.05, 3.63) is 40.8 Å². The molecular formula is C16H17F4N3O4. The first-order chi connectivity index (χ1) is 12.5. The zero-order valence-corrected chi connectivity index (χ0v) is 14.4. The largest absolute Gasteiger partial charge is 0.497 e. The van der Waals surface area contributed by atoms with Crippen LogP contribution in [0.5, 0.6) is 5.75 Å². The van der Waals surface area contributed by atoms with Crippen molar-refractivity contribution in [3.63, 3.8) is 0 Å². The van der Waals surface area contributed by atoms with E-state index in [0.717, 1.165) is 12.1 Å². The lowest BCUT2D eigenvalue weighted by molar-refractivity contribution is -0.137. The second kappa shape index (κ2) is 9.01. The molecule has 11 heteroatoms. The summed E-state index contributed by atoms with van der Waals surface area (Å²) in [4.78, 5) is 27.0. The normalized spacial score (nSPS) is 13.0. The van der Waals surface area contributed by atoms with Gasteiger partial charge in [-0.2, -0.15) is 13.2 Å². The van der Waals surface area contributed by atoms with Gasteiger partial charge in [-0.15, -0.1) is 0 Å². The number of carbonyl (C=O) groups excluding carboxylic acids is 2. The molecule has 1 rings (SSSR count). The fraction of sp³-hybridized carbons (Fsp3) is 0.312. The van der Waals surface area contributed by atoms with Gasteiger partial charge in [0.05, 0.1) is 12.7 Å². The lowest BCUT2D eigenvalue weighted by atomic mass is 10.1. The number of aliphatic imine (C=N–C) groups is 1. The van der Waals surface area contributed by atoms with E-state index in [-0.39, 0.29) is 17.0 Å². The first kappa shape index (κ1) is 21.9. The average Bonchev–Trinajstić information content (AvgIpc) is 2.56. The molecule has 4 N–H and O–H groups in total. The molecule has 0 spiro atoms. The fourth-order valence-corrected chi connectivity index (χ4v) is 1.85. The zero-order chi connectivity index (χ0) is 20.8. The van der Waals surface area contributed by atoms with E-state index in [2.05, 4.69) is 9.73 Å². The maximum Gasteiger partial charge on any atom is 0.408 e. The summed E-state index contributed by atoms with van der Waals surface area (Å²) in [5.74, 6) is -3.66. The second-order valence-electron chi connectivity index (χ2n) is 5.22. The number of Topliss-reactive ketones (excluding diaryl/α,β-unsaturated/α-hetero) is 1. The highest BCUT2D eigenvalue weighted by Gasteiger charge is 2.28. The first-order valence-electron chi connectivity index (χ1n) is 7.33. The molecular weight excluding hydrogens is 374 g/mol. The van der Waals surface area contributed by atoms with Crippen molar-refractivity contribution in [2.45, 2.75) is 13.1 Å². The van der Waals surface area contributed by atoms with Gasteiger partial charge in [0.25, 0.3) is 0 Å². The number of benzene rings is 1. The number of nitrogens with two attached hydrogens (primary N) is 2. The summed E-state index contributed by atoms with van der Waals surface area (Å²) in [6, 6.07) is 3.43. The highest BCUT2D eigenvalue weighted by Crippen LogP contribution is 2.17. The predicted octanol–water partition coefficient (Wildman–Crippen LogP) is 1.71. The number of ether oxygens (including phenoxy) is 2. The Kier molecular flexibility index (Phi) is 7.32. The highest BCUT2D eigenvalue weighted by molar-refractivity contribution is 6.19. The van der Waals surface area contributed by atoms with Gasteiger partial charge in [-0.1, -0.05) is 0 Å². The highest BCUT2D eigenvalue weighted by atomic mass is 19.4. The molecule has 7 nitrogen and oxygen atoms in total. The smallest absolute Gasteiger partial charge is 0.408 e. The van der Waals surface area contributed by atoms with E-state index in [1.54, 1.807) is 0 Å². The van der Waals surface area contributed by atoms with E-state index < -0.39 is 48.3 Å². The third kappa shape index (κ3) is 6.60.